The number of ether oxygens (including phenoxy) is 1. The second kappa shape index (κ2) is 5.15. The van der Waals surface area contributed by atoms with Crippen LogP contribution in [0.2, 0.25) is 0 Å². The largest absolute Gasteiger partial charge is 0.490 e. The Hall–Kier alpha value is -2.05. The molecule has 1 amide bonds. The van der Waals surface area contributed by atoms with Gasteiger partial charge in [0, 0.05) is 14.1 Å². The Bertz CT molecular complexity index is 382. The number of methoxy groups -OCH3 is 1. The number of rotatable bonds is 4. The van der Waals surface area contributed by atoms with Gasteiger partial charge in [-0.3, -0.25) is 4.79 Å². The molecule has 0 aliphatic rings. The van der Waals surface area contributed by atoms with Crippen LogP contribution in [0.15, 0.2) is 6.33 Å². The number of nitrogens with one attached hydrogen (secondary N) is 1. The van der Waals surface area contributed by atoms with Crippen molar-refractivity contribution in [2.45, 2.75) is 0 Å². The van der Waals surface area contributed by atoms with Crippen LogP contribution >= 0.6 is 0 Å². The van der Waals surface area contributed by atoms with Crippen LogP contribution in [0.1, 0.15) is 0 Å². The van der Waals surface area contributed by atoms with Gasteiger partial charge >= 0.3 is 0 Å². The summed E-state index contributed by atoms with van der Waals surface area (Å²) in [7, 11) is 4.77. The Morgan fingerprint density at radius 2 is 2.31 bits per heavy atom. The molecule has 1 heterocycles. The van der Waals surface area contributed by atoms with Crippen molar-refractivity contribution in [1.82, 2.24) is 15.3 Å². The summed E-state index contributed by atoms with van der Waals surface area (Å²) in [6.07, 6.45) is 1.33. The molecular weight excluding hydrogens is 210 g/mol. The minimum atomic E-state index is -0.123. The highest BCUT2D eigenvalue weighted by Crippen LogP contribution is 2.28. The Morgan fingerprint density at radius 3 is 2.88 bits per heavy atom. The molecule has 0 atom stereocenters. The van der Waals surface area contributed by atoms with Gasteiger partial charge in [-0.15, -0.1) is 0 Å². The van der Waals surface area contributed by atoms with E-state index in [4.69, 9.17) is 10.5 Å². The second-order valence-electron chi connectivity index (χ2n) is 3.15. The molecule has 0 aliphatic carbocycles. The fourth-order valence-corrected chi connectivity index (χ4v) is 1.21. The predicted molar refractivity (Wildman–Crippen MR) is 60.3 cm³/mol. The SMILES string of the molecule is CNC(=O)CN(C)c1ncnc(N)c1OC. The molecule has 1 aromatic heterocycles. The van der Waals surface area contributed by atoms with E-state index in [1.54, 1.807) is 19.0 Å². The molecule has 3 N–H and O–H groups in total. The van der Waals surface area contributed by atoms with Crippen molar-refractivity contribution in [3.05, 3.63) is 6.33 Å². The van der Waals surface area contributed by atoms with Crippen LogP contribution in [-0.4, -0.2) is 43.6 Å². The van der Waals surface area contributed by atoms with E-state index in [0.717, 1.165) is 0 Å². The Labute approximate surface area is 93.6 Å². The highest BCUT2D eigenvalue weighted by Gasteiger charge is 2.15. The highest BCUT2D eigenvalue weighted by molar-refractivity contribution is 5.81. The fourth-order valence-electron chi connectivity index (χ4n) is 1.21. The Balaban J connectivity index is 2.94. The lowest BCUT2D eigenvalue weighted by molar-refractivity contribution is -0.119. The van der Waals surface area contributed by atoms with E-state index in [2.05, 4.69) is 15.3 Å². The zero-order valence-electron chi connectivity index (χ0n) is 9.52. The lowest BCUT2D eigenvalue weighted by Crippen LogP contribution is -2.33. The molecule has 0 spiro atoms. The molecule has 7 nitrogen and oxygen atoms in total. The van der Waals surface area contributed by atoms with Gasteiger partial charge in [0.1, 0.15) is 6.33 Å². The average molecular weight is 225 g/mol. The van der Waals surface area contributed by atoms with Crippen LogP contribution in [-0.2, 0) is 4.79 Å². The molecule has 0 unspecified atom stereocenters. The minimum absolute atomic E-state index is 0.123. The van der Waals surface area contributed by atoms with Gasteiger partial charge in [-0.25, -0.2) is 9.97 Å². The van der Waals surface area contributed by atoms with Gasteiger partial charge in [-0.1, -0.05) is 0 Å². The Kier molecular flexibility index (Phi) is 3.87. The van der Waals surface area contributed by atoms with Gasteiger partial charge in [0.05, 0.1) is 13.7 Å². The maximum Gasteiger partial charge on any atom is 0.239 e. The maximum atomic E-state index is 11.2. The van der Waals surface area contributed by atoms with E-state index in [9.17, 15) is 4.79 Å². The molecule has 0 saturated carbocycles. The van der Waals surface area contributed by atoms with Crippen LogP contribution in [0.3, 0.4) is 0 Å². The van der Waals surface area contributed by atoms with E-state index >= 15 is 0 Å². The molecular formula is C9H15N5O2. The molecule has 1 aromatic rings. The van der Waals surface area contributed by atoms with E-state index in [-0.39, 0.29) is 18.3 Å². The van der Waals surface area contributed by atoms with Crippen molar-refractivity contribution in [3.8, 4) is 5.75 Å². The summed E-state index contributed by atoms with van der Waals surface area (Å²) in [5.41, 5.74) is 5.63. The maximum absolute atomic E-state index is 11.2. The number of carbonyl (C=O) groups excluding carboxylic acids is 1. The summed E-state index contributed by atoms with van der Waals surface area (Å²) >= 11 is 0. The molecule has 16 heavy (non-hydrogen) atoms. The van der Waals surface area contributed by atoms with Gasteiger partial charge in [0.15, 0.2) is 11.6 Å². The topological polar surface area (TPSA) is 93.4 Å². The molecule has 0 aliphatic heterocycles. The smallest absolute Gasteiger partial charge is 0.239 e. The van der Waals surface area contributed by atoms with Crippen molar-refractivity contribution < 1.29 is 9.53 Å². The first-order chi connectivity index (χ1) is 7.60. The molecule has 0 fully saturated rings. The van der Waals surface area contributed by atoms with Gasteiger partial charge in [0.25, 0.3) is 0 Å². The van der Waals surface area contributed by atoms with Crippen molar-refractivity contribution >= 4 is 17.5 Å². The number of amides is 1. The first kappa shape index (κ1) is 12.0. The summed E-state index contributed by atoms with van der Waals surface area (Å²) in [5, 5.41) is 2.52. The van der Waals surface area contributed by atoms with E-state index < -0.39 is 0 Å². The van der Waals surface area contributed by atoms with Crippen molar-refractivity contribution in [2.24, 2.45) is 0 Å². The number of hydrogen-bond donors (Lipinski definition) is 2. The molecule has 0 bridgehead atoms. The van der Waals surface area contributed by atoms with Crippen LogP contribution < -0.4 is 20.7 Å². The third-order valence-corrected chi connectivity index (χ3v) is 2.04. The van der Waals surface area contributed by atoms with Crippen molar-refractivity contribution in [1.29, 1.82) is 0 Å². The van der Waals surface area contributed by atoms with Crippen LogP contribution in [0.4, 0.5) is 11.6 Å². The molecule has 88 valence electrons. The van der Waals surface area contributed by atoms with Crippen LogP contribution in [0, 0.1) is 0 Å². The van der Waals surface area contributed by atoms with Gasteiger partial charge < -0.3 is 20.7 Å². The van der Waals surface area contributed by atoms with Gasteiger partial charge in [-0.2, -0.15) is 0 Å². The molecule has 0 saturated heterocycles. The quantitative estimate of drug-likeness (QED) is 0.700. The van der Waals surface area contributed by atoms with E-state index in [1.807, 2.05) is 0 Å². The monoisotopic (exact) mass is 225 g/mol. The number of anilines is 2. The van der Waals surface area contributed by atoms with Gasteiger partial charge in [0.2, 0.25) is 11.7 Å². The summed E-state index contributed by atoms with van der Waals surface area (Å²) in [5.74, 6) is 0.977. The first-order valence-electron chi connectivity index (χ1n) is 4.66. The zero-order valence-corrected chi connectivity index (χ0v) is 9.52. The summed E-state index contributed by atoms with van der Waals surface area (Å²) in [4.78, 5) is 20.7. The number of nitrogen functional groups attached to an aromatic ring is 1. The summed E-state index contributed by atoms with van der Waals surface area (Å²) in [6.45, 7) is 0.170. The normalized spacial score (nSPS) is 9.69. The number of nitrogens with zero attached hydrogens (tertiary/aromatic N) is 3. The molecule has 0 radical (unpaired) electrons. The van der Waals surface area contributed by atoms with Gasteiger partial charge in [-0.05, 0) is 0 Å². The third-order valence-electron chi connectivity index (χ3n) is 2.04. The lowest BCUT2D eigenvalue weighted by atomic mass is 10.4. The number of aromatic nitrogens is 2. The summed E-state index contributed by atoms with van der Waals surface area (Å²) < 4.78 is 5.09. The third kappa shape index (κ3) is 2.50. The second-order valence-corrected chi connectivity index (χ2v) is 3.15. The minimum Gasteiger partial charge on any atom is -0.490 e. The van der Waals surface area contributed by atoms with Crippen molar-refractivity contribution in [3.63, 3.8) is 0 Å². The Morgan fingerprint density at radius 1 is 1.62 bits per heavy atom. The molecule has 7 heteroatoms. The fraction of sp³-hybridized carbons (Fsp3) is 0.444. The molecule has 1 rings (SSSR count). The number of carbonyl (C=O) groups is 1. The van der Waals surface area contributed by atoms with Crippen molar-refractivity contribution in [2.75, 3.05) is 38.4 Å². The number of likely N-dealkylation sites (N-methyl/N-ethyl adjacent to an activating group) is 2. The lowest BCUT2D eigenvalue weighted by Gasteiger charge is -2.19. The van der Waals surface area contributed by atoms with Crippen LogP contribution in [0.25, 0.3) is 0 Å². The highest BCUT2D eigenvalue weighted by atomic mass is 16.5. The van der Waals surface area contributed by atoms with E-state index in [0.29, 0.717) is 11.6 Å². The van der Waals surface area contributed by atoms with E-state index in [1.165, 1.54) is 13.4 Å². The summed E-state index contributed by atoms with van der Waals surface area (Å²) in [6, 6.07) is 0. The zero-order chi connectivity index (χ0) is 12.1. The predicted octanol–water partition coefficient (Wildman–Crippen LogP) is -0.750. The average Bonchev–Trinajstić information content (AvgIpc) is 2.28. The van der Waals surface area contributed by atoms with Crippen LogP contribution in [0.5, 0.6) is 5.75 Å². The number of nitrogens with two attached hydrogens (primary N) is 1. The molecule has 0 aromatic carbocycles. The number of hydrogen-bond acceptors (Lipinski definition) is 6. The first-order valence-corrected chi connectivity index (χ1v) is 4.66. The standard InChI is InChI=1S/C9H15N5O2/c1-11-6(15)4-14(2)9-7(16-3)8(10)12-5-13-9/h5H,4H2,1-3H3,(H,11,15)(H2,10,12,13).